The summed E-state index contributed by atoms with van der Waals surface area (Å²) in [4.78, 5) is 22.4. The van der Waals surface area contributed by atoms with Gasteiger partial charge in [-0.3, -0.25) is 4.79 Å². The molecule has 1 aromatic heterocycles. The van der Waals surface area contributed by atoms with Gasteiger partial charge in [0.2, 0.25) is 0 Å². The zero-order chi connectivity index (χ0) is 13.9. The van der Waals surface area contributed by atoms with Crippen LogP contribution in [0.15, 0.2) is 34.2 Å². The molecule has 0 atom stereocenters. The summed E-state index contributed by atoms with van der Waals surface area (Å²) >= 11 is 0. The molecule has 0 radical (unpaired) electrons. The molecule has 0 amide bonds. The Morgan fingerprint density at radius 1 is 1.20 bits per heavy atom. The molecule has 1 N–H and O–H groups in total. The minimum Gasteiger partial charge on any atom is -0.268 e. The minimum absolute atomic E-state index is 0.0632. The monoisotopic (exact) mass is 269 g/mol. The molecule has 0 aliphatic heterocycles. The smallest absolute Gasteiger partial charge is 0.267 e. The lowest BCUT2D eigenvalue weighted by atomic mass is 9.90. The third kappa shape index (κ3) is 2.39. The third-order valence-electron chi connectivity index (χ3n) is 3.77. The molecule has 1 heterocycles. The number of H-pyrrole nitrogens is 1. The highest BCUT2D eigenvalue weighted by Crippen LogP contribution is 2.23. The zero-order valence-electron chi connectivity index (χ0n) is 11.1. The Bertz CT molecular complexity index is 707. The second-order valence-electron chi connectivity index (χ2n) is 5.10. The summed E-state index contributed by atoms with van der Waals surface area (Å²) in [6, 6.07) is 7.18. The number of aromatic amines is 1. The number of hydrogen-bond donors (Lipinski definition) is 1. The number of fused-ring (bicyclic) bond motifs is 1. The van der Waals surface area contributed by atoms with Crippen molar-refractivity contribution < 1.29 is 0 Å². The first-order chi connectivity index (χ1) is 9.78. The SMILES string of the molecule is O=Nc1cccc(Cc2n[nH]c(=O)c3c2CCCC3)c1. The van der Waals surface area contributed by atoms with Crippen LogP contribution in [0.5, 0.6) is 0 Å². The molecule has 20 heavy (non-hydrogen) atoms. The summed E-state index contributed by atoms with van der Waals surface area (Å²) in [6.07, 6.45) is 4.51. The quantitative estimate of drug-likeness (QED) is 0.870. The van der Waals surface area contributed by atoms with E-state index < -0.39 is 0 Å². The molecule has 0 bridgehead atoms. The molecule has 5 nitrogen and oxygen atoms in total. The summed E-state index contributed by atoms with van der Waals surface area (Å²) in [6.45, 7) is 0. The van der Waals surface area contributed by atoms with Crippen LogP contribution in [0.4, 0.5) is 5.69 Å². The van der Waals surface area contributed by atoms with Crippen molar-refractivity contribution in [1.82, 2.24) is 10.2 Å². The first-order valence-electron chi connectivity index (χ1n) is 6.79. The maximum absolute atomic E-state index is 11.8. The van der Waals surface area contributed by atoms with Gasteiger partial charge in [-0.2, -0.15) is 5.10 Å². The maximum atomic E-state index is 11.8. The number of benzene rings is 1. The molecule has 0 fully saturated rings. The molecule has 1 aliphatic carbocycles. The van der Waals surface area contributed by atoms with E-state index in [4.69, 9.17) is 0 Å². The third-order valence-corrected chi connectivity index (χ3v) is 3.77. The second kappa shape index (κ2) is 5.36. The molecule has 0 saturated carbocycles. The normalized spacial score (nSPS) is 13.8. The van der Waals surface area contributed by atoms with Crippen molar-refractivity contribution in [3.05, 3.63) is 61.9 Å². The zero-order valence-corrected chi connectivity index (χ0v) is 11.1. The lowest BCUT2D eigenvalue weighted by Gasteiger charge is -2.17. The molecule has 3 rings (SSSR count). The van der Waals surface area contributed by atoms with Crippen LogP contribution in [0.2, 0.25) is 0 Å². The number of rotatable bonds is 3. The second-order valence-corrected chi connectivity index (χ2v) is 5.10. The fourth-order valence-corrected chi connectivity index (χ4v) is 2.79. The van der Waals surface area contributed by atoms with Crippen molar-refractivity contribution in [1.29, 1.82) is 0 Å². The Morgan fingerprint density at radius 2 is 2.00 bits per heavy atom. The average molecular weight is 269 g/mol. The predicted octanol–water partition coefficient (Wildman–Crippen LogP) is 2.64. The Morgan fingerprint density at radius 3 is 2.80 bits per heavy atom. The van der Waals surface area contributed by atoms with Crippen molar-refractivity contribution in [2.24, 2.45) is 5.18 Å². The Labute approximate surface area is 116 Å². The highest BCUT2D eigenvalue weighted by Gasteiger charge is 2.17. The Balaban J connectivity index is 1.98. The Hall–Kier alpha value is -2.30. The number of aromatic nitrogens is 2. The van der Waals surface area contributed by atoms with E-state index in [1.54, 1.807) is 12.1 Å². The fourth-order valence-electron chi connectivity index (χ4n) is 2.79. The van der Waals surface area contributed by atoms with E-state index in [0.29, 0.717) is 12.1 Å². The van der Waals surface area contributed by atoms with Crippen LogP contribution in [-0.2, 0) is 19.3 Å². The minimum atomic E-state index is -0.0632. The molecule has 5 heteroatoms. The Kier molecular flexibility index (Phi) is 3.41. The van der Waals surface area contributed by atoms with E-state index >= 15 is 0 Å². The first kappa shape index (κ1) is 12.7. The van der Waals surface area contributed by atoms with Crippen LogP contribution in [0.25, 0.3) is 0 Å². The van der Waals surface area contributed by atoms with Gasteiger partial charge < -0.3 is 0 Å². The van der Waals surface area contributed by atoms with E-state index in [9.17, 15) is 9.70 Å². The summed E-state index contributed by atoms with van der Waals surface area (Å²) in [5.41, 5.74) is 4.21. The van der Waals surface area contributed by atoms with Gasteiger partial charge in [-0.25, -0.2) is 5.10 Å². The van der Waals surface area contributed by atoms with Crippen LogP contribution in [0, 0.1) is 4.91 Å². The lowest BCUT2D eigenvalue weighted by Crippen LogP contribution is -2.23. The summed E-state index contributed by atoms with van der Waals surface area (Å²) < 4.78 is 0. The van der Waals surface area contributed by atoms with Gasteiger partial charge in [0.1, 0.15) is 5.69 Å². The average Bonchev–Trinajstić information content (AvgIpc) is 2.51. The maximum Gasteiger partial charge on any atom is 0.267 e. The van der Waals surface area contributed by atoms with Gasteiger partial charge in [-0.15, -0.1) is 4.91 Å². The first-order valence-corrected chi connectivity index (χ1v) is 6.79. The van der Waals surface area contributed by atoms with Gasteiger partial charge in [0.05, 0.1) is 5.69 Å². The van der Waals surface area contributed by atoms with Gasteiger partial charge in [-0.05, 0) is 54.1 Å². The van der Waals surface area contributed by atoms with Crippen LogP contribution < -0.4 is 5.56 Å². The van der Waals surface area contributed by atoms with Crippen LogP contribution in [0.1, 0.15) is 35.2 Å². The number of nitroso groups, excluding NO2 is 1. The predicted molar refractivity (Wildman–Crippen MR) is 76.2 cm³/mol. The van der Waals surface area contributed by atoms with Crippen molar-refractivity contribution in [3.63, 3.8) is 0 Å². The number of hydrogen-bond acceptors (Lipinski definition) is 4. The van der Waals surface area contributed by atoms with Gasteiger partial charge in [0, 0.05) is 12.0 Å². The van der Waals surface area contributed by atoms with Crippen molar-refractivity contribution in [3.8, 4) is 0 Å². The van der Waals surface area contributed by atoms with Crippen molar-refractivity contribution >= 4 is 5.69 Å². The highest BCUT2D eigenvalue weighted by atomic mass is 16.3. The highest BCUT2D eigenvalue weighted by molar-refractivity contribution is 5.42. The van der Waals surface area contributed by atoms with Crippen molar-refractivity contribution in [2.45, 2.75) is 32.1 Å². The molecule has 1 aliphatic rings. The molecule has 102 valence electrons. The molecule has 1 aromatic carbocycles. The molecule has 0 saturated heterocycles. The molecule has 0 spiro atoms. The van der Waals surface area contributed by atoms with E-state index in [1.165, 1.54) is 0 Å². The molecular weight excluding hydrogens is 254 g/mol. The molecular formula is C15H15N3O2. The molecule has 2 aromatic rings. The van der Waals surface area contributed by atoms with Crippen LogP contribution in [0.3, 0.4) is 0 Å². The number of nitrogens with one attached hydrogen (secondary N) is 1. The molecule has 0 unspecified atom stereocenters. The van der Waals surface area contributed by atoms with Crippen molar-refractivity contribution in [2.75, 3.05) is 0 Å². The van der Waals surface area contributed by atoms with Crippen LogP contribution in [-0.4, -0.2) is 10.2 Å². The van der Waals surface area contributed by atoms with Gasteiger partial charge >= 0.3 is 0 Å². The summed E-state index contributed by atoms with van der Waals surface area (Å²) in [5, 5.41) is 9.73. The van der Waals surface area contributed by atoms with Gasteiger partial charge in [0.15, 0.2) is 0 Å². The van der Waals surface area contributed by atoms with E-state index in [0.717, 1.165) is 48.1 Å². The standard InChI is InChI=1S/C15H15N3O2/c19-15-13-7-2-1-6-12(13)14(16-17-15)9-10-4-3-5-11(8-10)18-20/h3-5,8H,1-2,6-7,9H2,(H,17,19). The lowest BCUT2D eigenvalue weighted by molar-refractivity contribution is 0.655. The topological polar surface area (TPSA) is 75.2 Å². The largest absolute Gasteiger partial charge is 0.268 e. The van der Waals surface area contributed by atoms with E-state index in [-0.39, 0.29) is 5.56 Å². The fraction of sp³-hybridized carbons (Fsp3) is 0.333. The summed E-state index contributed by atoms with van der Waals surface area (Å²) in [7, 11) is 0. The summed E-state index contributed by atoms with van der Waals surface area (Å²) in [5.74, 6) is 0. The van der Waals surface area contributed by atoms with E-state index in [2.05, 4.69) is 15.4 Å². The number of nitrogens with zero attached hydrogens (tertiary/aromatic N) is 2. The van der Waals surface area contributed by atoms with Gasteiger partial charge in [0.25, 0.3) is 5.56 Å². The van der Waals surface area contributed by atoms with Crippen LogP contribution >= 0.6 is 0 Å². The van der Waals surface area contributed by atoms with Gasteiger partial charge in [-0.1, -0.05) is 12.1 Å². The van der Waals surface area contributed by atoms with E-state index in [1.807, 2.05) is 12.1 Å².